The van der Waals surface area contributed by atoms with Crippen molar-refractivity contribution in [3.8, 4) is 11.3 Å². The highest BCUT2D eigenvalue weighted by Gasteiger charge is 2.46. The van der Waals surface area contributed by atoms with Crippen molar-refractivity contribution in [3.05, 3.63) is 68.9 Å². The van der Waals surface area contributed by atoms with Crippen LogP contribution in [0.2, 0.25) is 10.0 Å². The van der Waals surface area contributed by atoms with Crippen molar-refractivity contribution in [1.29, 1.82) is 0 Å². The van der Waals surface area contributed by atoms with Gasteiger partial charge in [0.25, 0.3) is 5.91 Å². The minimum absolute atomic E-state index is 0.0547. The number of nitrogens with one attached hydrogen (secondary N) is 1. The minimum Gasteiger partial charge on any atom is -0.438 e. The fourth-order valence-corrected chi connectivity index (χ4v) is 8.35. The number of piperidine rings is 1. The topological polar surface area (TPSA) is 129 Å². The van der Waals surface area contributed by atoms with Crippen LogP contribution in [0.15, 0.2) is 40.9 Å². The van der Waals surface area contributed by atoms with Crippen LogP contribution in [0.25, 0.3) is 11.3 Å². The molecule has 4 atom stereocenters. The summed E-state index contributed by atoms with van der Waals surface area (Å²) in [6.07, 6.45) is 4.11. The van der Waals surface area contributed by atoms with Gasteiger partial charge >= 0.3 is 13.6 Å². The number of carbonyl (C=O) groups is 2. The van der Waals surface area contributed by atoms with E-state index in [4.69, 9.17) is 46.2 Å². The summed E-state index contributed by atoms with van der Waals surface area (Å²) in [5, 5.41) is 8.25. The van der Waals surface area contributed by atoms with Gasteiger partial charge in [0.2, 0.25) is 6.79 Å². The quantitative estimate of drug-likeness (QED) is 0.0980. The van der Waals surface area contributed by atoms with Gasteiger partial charge in [0, 0.05) is 60.5 Å². The van der Waals surface area contributed by atoms with E-state index in [1.165, 1.54) is 7.11 Å². The zero-order valence-electron chi connectivity index (χ0n) is 29.0. The van der Waals surface area contributed by atoms with Crippen molar-refractivity contribution >= 4 is 48.4 Å². The second kappa shape index (κ2) is 15.0. The van der Waals surface area contributed by atoms with Crippen LogP contribution >= 0.6 is 30.8 Å². The molecule has 2 saturated carbocycles. The monoisotopic (exact) mass is 747 g/mol. The van der Waals surface area contributed by atoms with E-state index in [2.05, 4.69) is 15.4 Å². The Hall–Kier alpha value is -2.92. The summed E-state index contributed by atoms with van der Waals surface area (Å²) < 4.78 is 40.6. The number of benzene rings is 2. The highest BCUT2D eigenvalue weighted by atomic mass is 35.5. The molecule has 270 valence electrons. The lowest BCUT2D eigenvalue weighted by Gasteiger charge is -2.34. The van der Waals surface area contributed by atoms with Gasteiger partial charge in [-0.1, -0.05) is 34.4 Å². The summed E-state index contributed by atoms with van der Waals surface area (Å²) in [6, 6.07) is 11.4. The maximum atomic E-state index is 13.0. The molecule has 1 saturated heterocycles. The number of hydrogen-bond donors (Lipinski definition) is 1. The van der Waals surface area contributed by atoms with Crippen LogP contribution in [-0.4, -0.2) is 62.3 Å². The third kappa shape index (κ3) is 8.09. The second-order valence-electron chi connectivity index (χ2n) is 14.3. The van der Waals surface area contributed by atoms with E-state index < -0.39 is 25.8 Å². The van der Waals surface area contributed by atoms with Crippen LogP contribution in [0.3, 0.4) is 0 Å². The summed E-state index contributed by atoms with van der Waals surface area (Å²) in [5.41, 5.74) is 4.15. The van der Waals surface area contributed by atoms with Crippen LogP contribution < -0.4 is 10.2 Å². The third-order valence-electron chi connectivity index (χ3n) is 9.65. The van der Waals surface area contributed by atoms with E-state index >= 15 is 0 Å². The van der Waals surface area contributed by atoms with Gasteiger partial charge in [0.15, 0.2) is 0 Å². The lowest BCUT2D eigenvalue weighted by atomic mass is 9.98. The Morgan fingerprint density at radius 3 is 2.48 bits per heavy atom. The molecule has 6 rings (SSSR count). The fraction of sp³-hybridized carbons (Fsp3) is 0.528. The fourth-order valence-electron chi connectivity index (χ4n) is 6.76. The summed E-state index contributed by atoms with van der Waals surface area (Å²) in [7, 11) is -2.32. The summed E-state index contributed by atoms with van der Waals surface area (Å²) in [6.45, 7) is 7.93. The highest BCUT2D eigenvalue weighted by molar-refractivity contribution is 7.53. The van der Waals surface area contributed by atoms with Gasteiger partial charge in [0.05, 0.1) is 34.3 Å². The molecule has 0 spiro atoms. The number of hydrogen-bond acceptors (Lipinski definition) is 10. The first-order chi connectivity index (χ1) is 23.8. The molecule has 50 heavy (non-hydrogen) atoms. The van der Waals surface area contributed by atoms with Crippen molar-refractivity contribution in [3.63, 3.8) is 0 Å². The van der Waals surface area contributed by atoms with E-state index in [0.717, 1.165) is 54.8 Å². The lowest BCUT2D eigenvalue weighted by molar-refractivity contribution is -0.159. The average molecular weight is 749 g/mol. The molecule has 14 heteroatoms. The SMILES string of the molecule is COP(=O)(CCNC(=O)c1ccc(N2C[C@@H]3C[C@H]2C[C@H]3OCc2c(-c3c(Cl)cccc3Cl)noc2C2CC2)c(C)c1)OCOC(=O)C(C)(C)C. The predicted molar refractivity (Wildman–Crippen MR) is 191 cm³/mol. The van der Waals surface area contributed by atoms with Crippen LogP contribution in [-0.2, 0) is 34.5 Å². The largest absolute Gasteiger partial charge is 0.438 e. The Labute approximate surface area is 302 Å². The molecular formula is C36H44Cl2N3O8P. The van der Waals surface area contributed by atoms with Crippen LogP contribution in [0.4, 0.5) is 5.69 Å². The standard InChI is InChI=1S/C36H44Cl2N3O8P/c1-21-15-23(34(42)39-13-14-50(44,45-5)48-20-47-35(43)36(2,3)4)11-12-29(21)41-18-24-16-25(41)17-30(24)46-19-26-32(40-49-33(26)22-9-10-22)31-27(37)7-6-8-28(31)38/h6-8,11-12,15,22,24-25,30H,9-10,13-14,16-20H2,1-5H3,(H,39,42)/t24-,25-,30+,50?/m0/s1. The van der Waals surface area contributed by atoms with Gasteiger partial charge < -0.3 is 28.7 Å². The first-order valence-corrected chi connectivity index (χ1v) is 19.4. The molecule has 1 aliphatic heterocycles. The molecule has 3 fully saturated rings. The Kier molecular flexibility index (Phi) is 11.0. The van der Waals surface area contributed by atoms with Gasteiger partial charge in [-0.05, 0) is 89.3 Å². The van der Waals surface area contributed by atoms with E-state index in [0.29, 0.717) is 51.4 Å². The van der Waals surface area contributed by atoms with Crippen molar-refractivity contribution in [2.45, 2.75) is 78.0 Å². The minimum atomic E-state index is -3.57. The van der Waals surface area contributed by atoms with Gasteiger partial charge in [-0.2, -0.15) is 0 Å². The molecule has 3 aromatic rings. The van der Waals surface area contributed by atoms with Crippen molar-refractivity contribution in [2.24, 2.45) is 11.3 Å². The number of amides is 1. The molecule has 2 aromatic carbocycles. The Balaban J connectivity index is 1.02. The normalized spacial score (nSPS) is 21.3. The molecule has 2 aliphatic carbocycles. The van der Waals surface area contributed by atoms with Crippen molar-refractivity contribution in [1.82, 2.24) is 10.5 Å². The van der Waals surface area contributed by atoms with Crippen molar-refractivity contribution < 1.29 is 37.2 Å². The maximum absolute atomic E-state index is 13.0. The Morgan fingerprint density at radius 1 is 1.12 bits per heavy atom. The first kappa shape index (κ1) is 36.9. The molecule has 1 N–H and O–H groups in total. The maximum Gasteiger partial charge on any atom is 0.335 e. The molecular weight excluding hydrogens is 704 g/mol. The van der Waals surface area contributed by atoms with Crippen molar-refractivity contribution in [2.75, 3.05) is 38.1 Å². The number of esters is 1. The van der Waals surface area contributed by atoms with Gasteiger partial charge in [0.1, 0.15) is 11.5 Å². The van der Waals surface area contributed by atoms with Gasteiger partial charge in [-0.15, -0.1) is 0 Å². The average Bonchev–Trinajstić information content (AvgIpc) is 3.52. The zero-order chi connectivity index (χ0) is 35.8. The van der Waals surface area contributed by atoms with Gasteiger partial charge in [-0.25, -0.2) is 0 Å². The molecule has 0 radical (unpaired) electrons. The molecule has 2 heterocycles. The number of anilines is 1. The number of carbonyl (C=O) groups excluding carboxylic acids is 2. The highest BCUT2D eigenvalue weighted by Crippen LogP contribution is 2.48. The summed E-state index contributed by atoms with van der Waals surface area (Å²) in [5.74, 6) is 0.823. The van der Waals surface area contributed by atoms with E-state index in [-0.39, 0.29) is 24.7 Å². The van der Waals surface area contributed by atoms with Crippen LogP contribution in [0.5, 0.6) is 0 Å². The molecule has 2 bridgehead atoms. The number of halogens is 2. The Morgan fingerprint density at radius 2 is 1.86 bits per heavy atom. The molecule has 1 aromatic heterocycles. The number of aromatic nitrogens is 1. The van der Waals surface area contributed by atoms with Crippen LogP contribution in [0.1, 0.15) is 79.6 Å². The molecule has 1 unspecified atom stereocenters. The second-order valence-corrected chi connectivity index (χ2v) is 17.4. The number of nitrogens with zero attached hydrogens (tertiary/aromatic N) is 2. The van der Waals surface area contributed by atoms with E-state index in [9.17, 15) is 14.2 Å². The number of fused-ring (bicyclic) bond motifs is 2. The molecule has 11 nitrogen and oxygen atoms in total. The smallest absolute Gasteiger partial charge is 0.335 e. The van der Waals surface area contributed by atoms with E-state index in [1.807, 2.05) is 31.2 Å². The van der Waals surface area contributed by atoms with Gasteiger partial charge in [-0.3, -0.25) is 18.7 Å². The number of ether oxygens (including phenoxy) is 2. The predicted octanol–water partition coefficient (Wildman–Crippen LogP) is 8.15. The lowest BCUT2D eigenvalue weighted by Crippen LogP contribution is -2.39. The summed E-state index contributed by atoms with van der Waals surface area (Å²) in [4.78, 5) is 27.3. The summed E-state index contributed by atoms with van der Waals surface area (Å²) >= 11 is 13.1. The molecule has 1 amide bonds. The number of aryl methyl sites for hydroxylation is 1. The number of rotatable bonds is 14. The van der Waals surface area contributed by atoms with Crippen LogP contribution in [0, 0.1) is 18.3 Å². The Bertz CT molecular complexity index is 1770. The third-order valence-corrected chi connectivity index (χ3v) is 12.1. The molecule has 3 aliphatic rings. The zero-order valence-corrected chi connectivity index (χ0v) is 31.4. The first-order valence-electron chi connectivity index (χ1n) is 16.9. The van der Waals surface area contributed by atoms with E-state index in [1.54, 1.807) is 32.9 Å².